The Hall–Kier alpha value is -3.02. The molecule has 3 N–H and O–H groups in total. The predicted molar refractivity (Wildman–Crippen MR) is 91.3 cm³/mol. The Morgan fingerprint density at radius 1 is 1.08 bits per heavy atom. The van der Waals surface area contributed by atoms with Crippen LogP contribution in [0.1, 0.15) is 17.5 Å². The van der Waals surface area contributed by atoms with Gasteiger partial charge in [0.2, 0.25) is 11.8 Å². The molecular weight excluding hydrogens is 326 g/mol. The monoisotopic (exact) mass is 344 g/mol. The summed E-state index contributed by atoms with van der Waals surface area (Å²) >= 11 is 0. The number of nitrogens with two attached hydrogens (primary N) is 1. The minimum absolute atomic E-state index is 0.177. The number of carbonyl (C=O) groups is 2. The molecule has 0 aliphatic rings. The van der Waals surface area contributed by atoms with Gasteiger partial charge >= 0.3 is 0 Å². The number of carbonyl (C=O) groups excluding carboxylic acids is 2. The molecule has 0 saturated heterocycles. The van der Waals surface area contributed by atoms with Gasteiger partial charge in [-0.25, -0.2) is 8.78 Å². The SMILES string of the molecule is NC(=O)[C@@H](C/C=C/c1ccccc1)NC(=O)Cc1ccc(F)c(F)c1. The standard InChI is InChI=1S/C19H18F2N2O2/c20-15-10-9-14(11-16(15)21)12-18(24)23-17(19(22)25)8-4-7-13-5-2-1-3-6-13/h1-7,9-11,17H,8,12H2,(H2,22,25)(H,23,24)/b7-4+/t17-/m1/s1. The molecule has 0 aliphatic heterocycles. The summed E-state index contributed by atoms with van der Waals surface area (Å²) in [5.74, 6) is -3.17. The second kappa shape index (κ2) is 8.73. The largest absolute Gasteiger partial charge is 0.368 e. The smallest absolute Gasteiger partial charge is 0.240 e. The predicted octanol–water partition coefficient (Wildman–Crippen LogP) is 2.58. The molecule has 0 aromatic heterocycles. The van der Waals surface area contributed by atoms with Crippen molar-refractivity contribution in [2.45, 2.75) is 18.9 Å². The number of hydrogen-bond acceptors (Lipinski definition) is 2. The highest BCUT2D eigenvalue weighted by Crippen LogP contribution is 2.09. The van der Waals surface area contributed by atoms with E-state index in [0.29, 0.717) is 5.56 Å². The lowest BCUT2D eigenvalue weighted by atomic mass is 10.1. The first-order valence-electron chi connectivity index (χ1n) is 7.70. The van der Waals surface area contributed by atoms with Crippen molar-refractivity contribution in [2.75, 3.05) is 0 Å². The van der Waals surface area contributed by atoms with E-state index in [2.05, 4.69) is 5.32 Å². The van der Waals surface area contributed by atoms with Crippen LogP contribution in [0.5, 0.6) is 0 Å². The minimum atomic E-state index is -1.03. The van der Waals surface area contributed by atoms with E-state index in [0.717, 1.165) is 17.7 Å². The van der Waals surface area contributed by atoms with E-state index in [1.165, 1.54) is 6.07 Å². The van der Waals surface area contributed by atoms with Gasteiger partial charge < -0.3 is 11.1 Å². The van der Waals surface area contributed by atoms with Crippen LogP contribution in [0.15, 0.2) is 54.6 Å². The van der Waals surface area contributed by atoms with E-state index < -0.39 is 29.5 Å². The van der Waals surface area contributed by atoms with Gasteiger partial charge in [0.1, 0.15) is 6.04 Å². The van der Waals surface area contributed by atoms with Gasteiger partial charge in [-0.1, -0.05) is 48.6 Å². The molecule has 0 aliphatic carbocycles. The Kier molecular flexibility index (Phi) is 6.39. The van der Waals surface area contributed by atoms with Crippen LogP contribution >= 0.6 is 0 Å². The average Bonchev–Trinajstić information content (AvgIpc) is 2.58. The van der Waals surface area contributed by atoms with Crippen LogP contribution in [0.3, 0.4) is 0 Å². The summed E-state index contributed by atoms with van der Waals surface area (Å²) < 4.78 is 26.0. The Bertz CT molecular complexity index is 776. The number of benzene rings is 2. The summed E-state index contributed by atoms with van der Waals surface area (Å²) in [6.45, 7) is 0. The fraction of sp³-hybridized carbons (Fsp3) is 0.158. The number of rotatable bonds is 7. The van der Waals surface area contributed by atoms with Crippen LogP contribution in [-0.4, -0.2) is 17.9 Å². The summed E-state index contributed by atoms with van der Waals surface area (Å²) in [7, 11) is 0. The summed E-state index contributed by atoms with van der Waals surface area (Å²) in [4.78, 5) is 23.5. The molecule has 2 aromatic carbocycles. The van der Waals surface area contributed by atoms with Crippen molar-refractivity contribution in [2.24, 2.45) is 5.73 Å². The number of nitrogens with one attached hydrogen (secondary N) is 1. The van der Waals surface area contributed by atoms with E-state index in [4.69, 9.17) is 5.73 Å². The van der Waals surface area contributed by atoms with Gasteiger partial charge in [0.25, 0.3) is 0 Å². The van der Waals surface area contributed by atoms with E-state index >= 15 is 0 Å². The second-order valence-corrected chi connectivity index (χ2v) is 5.50. The number of hydrogen-bond donors (Lipinski definition) is 2. The Morgan fingerprint density at radius 3 is 2.44 bits per heavy atom. The van der Waals surface area contributed by atoms with E-state index in [1.807, 2.05) is 36.4 Å². The quantitative estimate of drug-likeness (QED) is 0.810. The maximum atomic E-state index is 13.2. The van der Waals surface area contributed by atoms with Gasteiger partial charge in [-0.3, -0.25) is 9.59 Å². The first-order valence-corrected chi connectivity index (χ1v) is 7.70. The van der Waals surface area contributed by atoms with Crippen molar-refractivity contribution < 1.29 is 18.4 Å². The molecule has 0 saturated carbocycles. The van der Waals surface area contributed by atoms with Gasteiger partial charge in [-0.2, -0.15) is 0 Å². The van der Waals surface area contributed by atoms with Crippen LogP contribution < -0.4 is 11.1 Å². The lowest BCUT2D eigenvalue weighted by Gasteiger charge is -2.13. The third kappa shape index (κ3) is 5.84. The van der Waals surface area contributed by atoms with Crippen molar-refractivity contribution in [3.05, 3.63) is 77.4 Å². The third-order valence-electron chi connectivity index (χ3n) is 3.51. The number of primary amides is 1. The fourth-order valence-electron chi connectivity index (χ4n) is 2.23. The lowest BCUT2D eigenvalue weighted by molar-refractivity contribution is -0.126. The summed E-state index contributed by atoms with van der Waals surface area (Å²) in [5, 5.41) is 2.50. The Morgan fingerprint density at radius 2 is 1.80 bits per heavy atom. The number of amides is 2. The van der Waals surface area contributed by atoms with Gasteiger partial charge in [-0.05, 0) is 29.7 Å². The Labute approximate surface area is 144 Å². The zero-order valence-electron chi connectivity index (χ0n) is 13.4. The first-order chi connectivity index (χ1) is 12.0. The highest BCUT2D eigenvalue weighted by molar-refractivity contribution is 5.87. The molecule has 2 amide bonds. The third-order valence-corrected chi connectivity index (χ3v) is 3.51. The molecule has 0 unspecified atom stereocenters. The summed E-state index contributed by atoms with van der Waals surface area (Å²) in [6, 6.07) is 11.8. The van der Waals surface area contributed by atoms with E-state index in [9.17, 15) is 18.4 Å². The van der Waals surface area contributed by atoms with Crippen LogP contribution in [0.25, 0.3) is 6.08 Å². The van der Waals surface area contributed by atoms with E-state index in [-0.39, 0.29) is 12.8 Å². The number of halogens is 2. The molecule has 2 aromatic rings. The highest BCUT2D eigenvalue weighted by Gasteiger charge is 2.17. The van der Waals surface area contributed by atoms with E-state index in [1.54, 1.807) is 6.08 Å². The van der Waals surface area contributed by atoms with Crippen molar-refractivity contribution in [3.63, 3.8) is 0 Å². The van der Waals surface area contributed by atoms with Crippen molar-refractivity contribution in [1.29, 1.82) is 0 Å². The summed E-state index contributed by atoms with van der Waals surface area (Å²) in [5.41, 5.74) is 6.57. The maximum absolute atomic E-state index is 13.2. The molecule has 4 nitrogen and oxygen atoms in total. The Balaban J connectivity index is 1.93. The van der Waals surface area contributed by atoms with Gasteiger partial charge in [-0.15, -0.1) is 0 Å². The van der Waals surface area contributed by atoms with Crippen LogP contribution in [0.4, 0.5) is 8.78 Å². The lowest BCUT2D eigenvalue weighted by Crippen LogP contribution is -2.44. The van der Waals surface area contributed by atoms with Gasteiger partial charge in [0, 0.05) is 0 Å². The van der Waals surface area contributed by atoms with Gasteiger partial charge in [0.15, 0.2) is 11.6 Å². The molecule has 0 spiro atoms. The van der Waals surface area contributed by atoms with Gasteiger partial charge in [0.05, 0.1) is 6.42 Å². The molecule has 0 bridgehead atoms. The second-order valence-electron chi connectivity index (χ2n) is 5.50. The van der Waals surface area contributed by atoms with Crippen molar-refractivity contribution in [3.8, 4) is 0 Å². The zero-order chi connectivity index (χ0) is 18.2. The molecule has 25 heavy (non-hydrogen) atoms. The molecule has 0 heterocycles. The fourth-order valence-corrected chi connectivity index (χ4v) is 2.23. The van der Waals surface area contributed by atoms with Crippen molar-refractivity contribution >= 4 is 17.9 Å². The van der Waals surface area contributed by atoms with Crippen LogP contribution in [0.2, 0.25) is 0 Å². The van der Waals surface area contributed by atoms with Crippen LogP contribution in [-0.2, 0) is 16.0 Å². The van der Waals surface area contributed by atoms with Crippen LogP contribution in [0, 0.1) is 11.6 Å². The molecule has 0 radical (unpaired) electrons. The maximum Gasteiger partial charge on any atom is 0.240 e. The molecule has 2 rings (SSSR count). The molecule has 130 valence electrons. The molecule has 6 heteroatoms. The first kappa shape index (κ1) is 18.3. The summed E-state index contributed by atoms with van der Waals surface area (Å²) in [6.07, 6.45) is 3.61. The zero-order valence-corrected chi connectivity index (χ0v) is 13.4. The molecule has 0 fully saturated rings. The normalized spacial score (nSPS) is 12.1. The van der Waals surface area contributed by atoms with Crippen molar-refractivity contribution in [1.82, 2.24) is 5.32 Å². The topological polar surface area (TPSA) is 72.2 Å². The molecule has 1 atom stereocenters. The minimum Gasteiger partial charge on any atom is -0.368 e. The highest BCUT2D eigenvalue weighted by atomic mass is 19.2. The average molecular weight is 344 g/mol. The molecular formula is C19H18F2N2O2.